The molecule has 3 aromatic rings. The molecule has 5 rings (SSSR count). The van der Waals surface area contributed by atoms with Gasteiger partial charge in [0.25, 0.3) is 0 Å². The minimum Gasteiger partial charge on any atom is -0.492 e. The lowest BCUT2D eigenvalue weighted by molar-refractivity contribution is 0.0323. The number of aromatic nitrogens is 2. The van der Waals surface area contributed by atoms with E-state index in [4.69, 9.17) is 14.6 Å². The minimum absolute atomic E-state index is 0.0634. The van der Waals surface area contributed by atoms with Crippen molar-refractivity contribution in [2.75, 3.05) is 50.1 Å². The zero-order valence-electron chi connectivity index (χ0n) is 25.2. The van der Waals surface area contributed by atoms with Crippen LogP contribution in [0.2, 0.25) is 0 Å². The molecule has 0 bridgehead atoms. The molecule has 2 aromatic carbocycles. The summed E-state index contributed by atoms with van der Waals surface area (Å²) in [4.78, 5) is 15.7. The van der Waals surface area contributed by atoms with E-state index < -0.39 is 0 Å². The van der Waals surface area contributed by atoms with Gasteiger partial charge in [-0.25, -0.2) is 9.48 Å². The largest absolute Gasteiger partial charge is 0.492 e. The van der Waals surface area contributed by atoms with E-state index in [1.54, 1.807) is 0 Å². The van der Waals surface area contributed by atoms with Gasteiger partial charge in [0.2, 0.25) is 0 Å². The summed E-state index contributed by atoms with van der Waals surface area (Å²) in [6, 6.07) is 13.5. The Hall–Kier alpha value is -3.62. The quantitative estimate of drug-likeness (QED) is 0.335. The summed E-state index contributed by atoms with van der Waals surface area (Å²) in [5, 5.41) is 12.9. The predicted octanol–water partition coefficient (Wildman–Crippen LogP) is 6.76. The van der Waals surface area contributed by atoms with Crippen LogP contribution in [0, 0.1) is 11.3 Å². The molecule has 2 aliphatic rings. The molecule has 2 amide bonds. The Morgan fingerprint density at radius 2 is 1.83 bits per heavy atom. The zero-order chi connectivity index (χ0) is 29.2. The second kappa shape index (κ2) is 11.7. The number of carbonyl (C=O) groups excluding carboxylic acids is 1. The number of carbonyl (C=O) groups is 1. The van der Waals surface area contributed by atoms with Crippen molar-refractivity contribution >= 4 is 34.0 Å². The Morgan fingerprint density at radius 1 is 1.10 bits per heavy atom. The molecule has 1 fully saturated rings. The van der Waals surface area contributed by atoms with Crippen LogP contribution in [0.3, 0.4) is 0 Å². The number of allylic oxidation sites excluding steroid dienone is 4. The molecule has 1 unspecified atom stereocenters. The Labute approximate surface area is 243 Å². The van der Waals surface area contributed by atoms with Crippen LogP contribution in [0.5, 0.6) is 5.75 Å². The maximum atomic E-state index is 13.4. The van der Waals surface area contributed by atoms with Crippen molar-refractivity contribution < 1.29 is 14.3 Å². The molecule has 0 saturated carbocycles. The summed E-state index contributed by atoms with van der Waals surface area (Å²) in [5.74, 6) is 1.76. The van der Waals surface area contributed by atoms with Gasteiger partial charge in [0.15, 0.2) is 0 Å². The summed E-state index contributed by atoms with van der Waals surface area (Å²) in [6.45, 7) is 17.9. The number of urea groups is 1. The Kier molecular flexibility index (Phi) is 8.25. The van der Waals surface area contributed by atoms with Gasteiger partial charge in [0, 0.05) is 41.9 Å². The van der Waals surface area contributed by atoms with Crippen LogP contribution >= 0.6 is 0 Å². The Morgan fingerprint density at radius 3 is 2.54 bits per heavy atom. The SMILES string of the molecule is CC1C=C(n2nc(C(C)(C)C)cc2NC(=O)Nc2ccc(OCCN3CCOCC3)c3ccccc23)C=CC1(C)C. The van der Waals surface area contributed by atoms with Gasteiger partial charge in [0.1, 0.15) is 18.2 Å². The standard InChI is InChI=1S/C33H43N5O3/c1-23-21-24(13-14-33(23,5)6)38-30(22-29(36-38)32(2,3)4)35-31(39)34-27-11-12-28(26-10-8-7-9-25(26)27)41-20-17-37-15-18-40-19-16-37/h7-14,21-23H,15-20H2,1-6H3,(H2,34,35,39). The van der Waals surface area contributed by atoms with Crippen LogP contribution in [0.4, 0.5) is 16.3 Å². The molecule has 1 atom stereocenters. The number of hydrogen-bond acceptors (Lipinski definition) is 5. The van der Waals surface area contributed by atoms with E-state index in [1.165, 1.54) is 0 Å². The second-order valence-electron chi connectivity index (χ2n) is 12.6. The van der Waals surface area contributed by atoms with Crippen LogP contribution in [0.25, 0.3) is 16.5 Å². The predicted molar refractivity (Wildman–Crippen MR) is 167 cm³/mol. The van der Waals surface area contributed by atoms with E-state index in [-0.39, 0.29) is 16.9 Å². The van der Waals surface area contributed by atoms with E-state index in [0.29, 0.717) is 24.0 Å². The molecule has 218 valence electrons. The number of amides is 2. The van der Waals surface area contributed by atoms with Crippen molar-refractivity contribution in [1.82, 2.24) is 14.7 Å². The summed E-state index contributed by atoms with van der Waals surface area (Å²) in [7, 11) is 0. The van der Waals surface area contributed by atoms with Crippen molar-refractivity contribution in [3.8, 4) is 5.75 Å². The van der Waals surface area contributed by atoms with E-state index in [1.807, 2.05) is 47.1 Å². The van der Waals surface area contributed by atoms with Gasteiger partial charge in [-0.05, 0) is 29.5 Å². The fourth-order valence-corrected chi connectivity index (χ4v) is 5.04. The van der Waals surface area contributed by atoms with Crippen molar-refractivity contribution in [2.45, 2.75) is 47.0 Å². The van der Waals surface area contributed by atoms with Gasteiger partial charge in [-0.3, -0.25) is 10.2 Å². The first-order chi connectivity index (χ1) is 19.5. The van der Waals surface area contributed by atoms with E-state index in [9.17, 15) is 4.79 Å². The molecule has 0 spiro atoms. The number of rotatable bonds is 7. The maximum absolute atomic E-state index is 13.4. The summed E-state index contributed by atoms with van der Waals surface area (Å²) in [5.41, 5.74) is 2.46. The van der Waals surface area contributed by atoms with E-state index in [2.05, 4.69) is 75.3 Å². The molecule has 1 aromatic heterocycles. The van der Waals surface area contributed by atoms with E-state index >= 15 is 0 Å². The normalized spacial score (nSPS) is 19.2. The molecule has 8 heteroatoms. The van der Waals surface area contributed by atoms with Gasteiger partial charge in [0.05, 0.1) is 30.3 Å². The van der Waals surface area contributed by atoms with Crippen molar-refractivity contribution in [2.24, 2.45) is 11.3 Å². The smallest absolute Gasteiger partial charge is 0.324 e. The molecule has 1 aliphatic heterocycles. The van der Waals surface area contributed by atoms with Crippen LogP contribution < -0.4 is 15.4 Å². The van der Waals surface area contributed by atoms with Crippen LogP contribution in [-0.2, 0) is 10.2 Å². The fourth-order valence-electron chi connectivity index (χ4n) is 5.04. The highest BCUT2D eigenvalue weighted by Gasteiger charge is 2.27. The van der Waals surface area contributed by atoms with Gasteiger partial charge in [-0.15, -0.1) is 0 Å². The molecule has 41 heavy (non-hydrogen) atoms. The van der Waals surface area contributed by atoms with Gasteiger partial charge in [-0.1, -0.05) is 78.0 Å². The third kappa shape index (κ3) is 6.66. The molecule has 1 aliphatic carbocycles. The first kappa shape index (κ1) is 28.9. The summed E-state index contributed by atoms with van der Waals surface area (Å²) >= 11 is 0. The summed E-state index contributed by atoms with van der Waals surface area (Å²) < 4.78 is 13.5. The molecule has 2 heterocycles. The van der Waals surface area contributed by atoms with Gasteiger partial charge < -0.3 is 14.8 Å². The third-order valence-electron chi connectivity index (χ3n) is 8.14. The Balaban J connectivity index is 1.34. The van der Waals surface area contributed by atoms with Crippen LogP contribution in [0.15, 0.2) is 60.7 Å². The monoisotopic (exact) mass is 557 g/mol. The van der Waals surface area contributed by atoms with Crippen molar-refractivity contribution in [3.63, 3.8) is 0 Å². The highest BCUT2D eigenvalue weighted by molar-refractivity contribution is 6.07. The number of anilines is 2. The third-order valence-corrected chi connectivity index (χ3v) is 8.14. The van der Waals surface area contributed by atoms with Gasteiger partial charge in [-0.2, -0.15) is 5.10 Å². The molecule has 1 saturated heterocycles. The first-order valence-corrected chi connectivity index (χ1v) is 14.6. The number of morpholine rings is 1. The number of nitrogens with zero attached hydrogens (tertiary/aromatic N) is 3. The molecule has 8 nitrogen and oxygen atoms in total. The number of nitrogens with one attached hydrogen (secondary N) is 2. The lowest BCUT2D eigenvalue weighted by Crippen LogP contribution is -2.38. The summed E-state index contributed by atoms with van der Waals surface area (Å²) in [6.07, 6.45) is 6.52. The lowest BCUT2D eigenvalue weighted by atomic mass is 9.77. The molecule has 2 N–H and O–H groups in total. The Bertz CT molecular complexity index is 1460. The highest BCUT2D eigenvalue weighted by atomic mass is 16.5. The zero-order valence-corrected chi connectivity index (χ0v) is 25.2. The van der Waals surface area contributed by atoms with Crippen molar-refractivity contribution in [1.29, 1.82) is 0 Å². The minimum atomic E-state index is -0.327. The maximum Gasteiger partial charge on any atom is 0.324 e. The number of hydrogen-bond donors (Lipinski definition) is 2. The average molecular weight is 558 g/mol. The average Bonchev–Trinajstić information content (AvgIpc) is 3.36. The number of fused-ring (bicyclic) bond motifs is 1. The fraction of sp³-hybridized carbons (Fsp3) is 0.455. The highest BCUT2D eigenvalue weighted by Crippen LogP contribution is 2.37. The molecule has 0 radical (unpaired) electrons. The first-order valence-electron chi connectivity index (χ1n) is 14.6. The number of benzene rings is 2. The number of ether oxygens (including phenoxy) is 2. The van der Waals surface area contributed by atoms with Crippen LogP contribution in [0.1, 0.15) is 47.2 Å². The van der Waals surface area contributed by atoms with Crippen molar-refractivity contribution in [3.05, 3.63) is 66.4 Å². The van der Waals surface area contributed by atoms with Gasteiger partial charge >= 0.3 is 6.03 Å². The lowest BCUT2D eigenvalue weighted by Gasteiger charge is -2.30. The topological polar surface area (TPSA) is 80.7 Å². The second-order valence-corrected chi connectivity index (χ2v) is 12.6. The molecular formula is C33H43N5O3. The van der Waals surface area contributed by atoms with Crippen LogP contribution in [-0.4, -0.2) is 60.2 Å². The van der Waals surface area contributed by atoms with E-state index in [0.717, 1.165) is 60.8 Å². The molecular weight excluding hydrogens is 514 g/mol.